The molecule has 0 amide bonds. The van der Waals surface area contributed by atoms with Crippen LogP contribution in [0.2, 0.25) is 0 Å². The van der Waals surface area contributed by atoms with Gasteiger partial charge in [-0.05, 0) is 26.7 Å². The van der Waals surface area contributed by atoms with Gasteiger partial charge in [-0.15, -0.1) is 0 Å². The highest BCUT2D eigenvalue weighted by Gasteiger charge is 2.22. The molecule has 22 heavy (non-hydrogen) atoms. The van der Waals surface area contributed by atoms with Gasteiger partial charge in [0.2, 0.25) is 11.9 Å². The van der Waals surface area contributed by atoms with Crippen LogP contribution in [-0.4, -0.2) is 27.0 Å². The molecular formula is C17H25N5. The SMILES string of the molecule is CCC(C)N(c1nc(N)nc(-c2ccccc2)n1)C(C)CC. The normalized spacial score (nSPS) is 13.6. The molecule has 2 aromatic rings. The molecule has 5 heteroatoms. The van der Waals surface area contributed by atoms with Gasteiger partial charge in [0.1, 0.15) is 0 Å². The topological polar surface area (TPSA) is 67.9 Å². The van der Waals surface area contributed by atoms with Crippen molar-refractivity contribution in [2.24, 2.45) is 0 Å². The van der Waals surface area contributed by atoms with Gasteiger partial charge in [-0.2, -0.15) is 15.0 Å². The van der Waals surface area contributed by atoms with E-state index in [1.165, 1.54) is 0 Å². The van der Waals surface area contributed by atoms with Crippen LogP contribution in [0.5, 0.6) is 0 Å². The smallest absolute Gasteiger partial charge is 0.231 e. The van der Waals surface area contributed by atoms with E-state index >= 15 is 0 Å². The van der Waals surface area contributed by atoms with Crippen LogP contribution >= 0.6 is 0 Å². The van der Waals surface area contributed by atoms with Crippen molar-refractivity contribution in [2.75, 3.05) is 10.6 Å². The number of nitrogens with zero attached hydrogens (tertiary/aromatic N) is 4. The Balaban J connectivity index is 2.47. The molecule has 2 rings (SSSR count). The lowest BCUT2D eigenvalue weighted by molar-refractivity contribution is 0.515. The maximum absolute atomic E-state index is 5.93. The molecule has 0 radical (unpaired) electrons. The fraction of sp³-hybridized carbons (Fsp3) is 0.471. The summed E-state index contributed by atoms with van der Waals surface area (Å²) in [5.74, 6) is 1.55. The number of benzene rings is 1. The predicted octanol–water partition coefficient (Wildman–Crippen LogP) is 3.52. The molecule has 2 atom stereocenters. The molecular weight excluding hydrogens is 274 g/mol. The fourth-order valence-corrected chi connectivity index (χ4v) is 2.43. The number of nitrogen functional groups attached to an aromatic ring is 1. The van der Waals surface area contributed by atoms with Crippen molar-refractivity contribution in [2.45, 2.75) is 52.6 Å². The van der Waals surface area contributed by atoms with E-state index in [4.69, 9.17) is 5.73 Å². The van der Waals surface area contributed by atoms with Crippen molar-refractivity contribution in [1.82, 2.24) is 15.0 Å². The van der Waals surface area contributed by atoms with Gasteiger partial charge in [-0.1, -0.05) is 44.2 Å². The van der Waals surface area contributed by atoms with E-state index in [1.54, 1.807) is 0 Å². The number of anilines is 2. The van der Waals surface area contributed by atoms with Crippen LogP contribution in [0.25, 0.3) is 11.4 Å². The van der Waals surface area contributed by atoms with Crippen LogP contribution in [0.3, 0.4) is 0 Å². The summed E-state index contributed by atoms with van der Waals surface area (Å²) in [6.07, 6.45) is 2.05. The molecule has 0 aliphatic heterocycles. The monoisotopic (exact) mass is 299 g/mol. The van der Waals surface area contributed by atoms with Gasteiger partial charge < -0.3 is 10.6 Å². The first-order valence-electron chi connectivity index (χ1n) is 7.92. The maximum Gasteiger partial charge on any atom is 0.231 e. The first kappa shape index (κ1) is 16.2. The quantitative estimate of drug-likeness (QED) is 0.883. The van der Waals surface area contributed by atoms with Crippen molar-refractivity contribution in [3.05, 3.63) is 30.3 Å². The molecule has 2 unspecified atom stereocenters. The van der Waals surface area contributed by atoms with Crippen molar-refractivity contribution in [3.8, 4) is 11.4 Å². The third-order valence-corrected chi connectivity index (χ3v) is 4.04. The number of rotatable bonds is 6. The average Bonchev–Trinajstić information content (AvgIpc) is 2.55. The van der Waals surface area contributed by atoms with E-state index in [2.05, 4.69) is 47.5 Å². The minimum Gasteiger partial charge on any atom is -0.368 e. The third-order valence-electron chi connectivity index (χ3n) is 4.04. The standard InChI is InChI=1S/C17H25N5/c1-5-12(3)22(13(4)6-2)17-20-15(19-16(18)21-17)14-10-8-7-9-11-14/h7-13H,5-6H2,1-4H3,(H2,18,19,20,21). The van der Waals surface area contributed by atoms with Gasteiger partial charge in [0, 0.05) is 17.6 Å². The van der Waals surface area contributed by atoms with Gasteiger partial charge in [0.25, 0.3) is 0 Å². The lowest BCUT2D eigenvalue weighted by atomic mass is 10.1. The highest BCUT2D eigenvalue weighted by Crippen LogP contribution is 2.23. The Hall–Kier alpha value is -2.17. The molecule has 2 N–H and O–H groups in total. The summed E-state index contributed by atoms with van der Waals surface area (Å²) in [4.78, 5) is 15.6. The largest absolute Gasteiger partial charge is 0.368 e. The zero-order valence-electron chi connectivity index (χ0n) is 13.8. The summed E-state index contributed by atoms with van der Waals surface area (Å²) in [6.45, 7) is 8.72. The molecule has 1 aromatic heterocycles. The maximum atomic E-state index is 5.93. The van der Waals surface area contributed by atoms with Crippen molar-refractivity contribution in [1.29, 1.82) is 0 Å². The second-order valence-electron chi connectivity index (χ2n) is 5.61. The second-order valence-corrected chi connectivity index (χ2v) is 5.61. The zero-order chi connectivity index (χ0) is 16.1. The molecule has 0 aliphatic carbocycles. The Bertz CT molecular complexity index is 589. The molecule has 1 heterocycles. The molecule has 0 aliphatic rings. The highest BCUT2D eigenvalue weighted by atomic mass is 15.3. The average molecular weight is 299 g/mol. The summed E-state index contributed by atoms with van der Waals surface area (Å²) in [5, 5.41) is 0. The van der Waals surface area contributed by atoms with Gasteiger partial charge in [0.15, 0.2) is 5.82 Å². The first-order chi connectivity index (χ1) is 10.6. The van der Waals surface area contributed by atoms with E-state index in [0.29, 0.717) is 23.9 Å². The molecule has 1 aromatic carbocycles. The van der Waals surface area contributed by atoms with Crippen LogP contribution in [0.1, 0.15) is 40.5 Å². The van der Waals surface area contributed by atoms with Gasteiger partial charge in [0.05, 0.1) is 0 Å². The molecule has 5 nitrogen and oxygen atoms in total. The van der Waals surface area contributed by atoms with Crippen molar-refractivity contribution in [3.63, 3.8) is 0 Å². The minimum atomic E-state index is 0.264. The van der Waals surface area contributed by atoms with Gasteiger partial charge >= 0.3 is 0 Å². The molecule has 0 fully saturated rings. The lowest BCUT2D eigenvalue weighted by Gasteiger charge is -2.34. The lowest BCUT2D eigenvalue weighted by Crippen LogP contribution is -2.41. The van der Waals surface area contributed by atoms with Gasteiger partial charge in [-0.3, -0.25) is 0 Å². The zero-order valence-corrected chi connectivity index (χ0v) is 13.8. The Morgan fingerprint density at radius 2 is 1.55 bits per heavy atom. The van der Waals surface area contributed by atoms with Crippen LogP contribution in [0, 0.1) is 0 Å². The van der Waals surface area contributed by atoms with E-state index in [0.717, 1.165) is 18.4 Å². The molecule has 0 saturated carbocycles. The number of hydrogen-bond acceptors (Lipinski definition) is 5. The Morgan fingerprint density at radius 3 is 2.09 bits per heavy atom. The molecule has 0 spiro atoms. The number of hydrogen-bond donors (Lipinski definition) is 1. The molecule has 118 valence electrons. The van der Waals surface area contributed by atoms with Crippen LogP contribution in [0.15, 0.2) is 30.3 Å². The van der Waals surface area contributed by atoms with Crippen LogP contribution in [0.4, 0.5) is 11.9 Å². The Labute approximate surface area is 132 Å². The van der Waals surface area contributed by atoms with Crippen molar-refractivity contribution >= 4 is 11.9 Å². The van der Waals surface area contributed by atoms with E-state index < -0.39 is 0 Å². The molecule has 0 saturated heterocycles. The van der Waals surface area contributed by atoms with E-state index in [9.17, 15) is 0 Å². The number of aromatic nitrogens is 3. The Morgan fingerprint density at radius 1 is 0.955 bits per heavy atom. The van der Waals surface area contributed by atoms with Crippen LogP contribution < -0.4 is 10.6 Å². The number of nitrogens with two attached hydrogens (primary N) is 1. The highest BCUT2D eigenvalue weighted by molar-refractivity contribution is 5.57. The second kappa shape index (κ2) is 7.20. The van der Waals surface area contributed by atoms with E-state index in [1.807, 2.05) is 30.3 Å². The van der Waals surface area contributed by atoms with Crippen molar-refractivity contribution < 1.29 is 0 Å². The van der Waals surface area contributed by atoms with Gasteiger partial charge in [-0.25, -0.2) is 0 Å². The summed E-state index contributed by atoms with van der Waals surface area (Å²) < 4.78 is 0. The minimum absolute atomic E-state index is 0.264. The summed E-state index contributed by atoms with van der Waals surface area (Å²) in [5.41, 5.74) is 6.88. The Kier molecular flexibility index (Phi) is 5.31. The summed E-state index contributed by atoms with van der Waals surface area (Å²) in [7, 11) is 0. The van der Waals surface area contributed by atoms with Crippen LogP contribution in [-0.2, 0) is 0 Å². The first-order valence-corrected chi connectivity index (χ1v) is 7.92. The summed E-state index contributed by atoms with van der Waals surface area (Å²) in [6, 6.07) is 10.6. The summed E-state index contributed by atoms with van der Waals surface area (Å²) >= 11 is 0. The van der Waals surface area contributed by atoms with E-state index in [-0.39, 0.29) is 5.95 Å². The molecule has 0 bridgehead atoms. The third kappa shape index (κ3) is 3.53. The fourth-order valence-electron chi connectivity index (χ4n) is 2.43. The predicted molar refractivity (Wildman–Crippen MR) is 91.7 cm³/mol.